The lowest BCUT2D eigenvalue weighted by molar-refractivity contribution is 0.754. The summed E-state index contributed by atoms with van der Waals surface area (Å²) in [7, 11) is 0. The monoisotopic (exact) mass is 881 g/mol. The Labute approximate surface area is 398 Å². The van der Waals surface area contributed by atoms with Crippen molar-refractivity contribution >= 4 is 21.8 Å². The Morgan fingerprint density at radius 1 is 0.246 bits per heavy atom. The van der Waals surface area contributed by atoms with Gasteiger partial charge in [0, 0.05) is 61.7 Å². The zero-order valence-electron chi connectivity index (χ0n) is 37.1. The van der Waals surface area contributed by atoms with Crippen LogP contribution in [0.25, 0.3) is 95.8 Å². The standard InChI is InChI=1S/C62H39N7/c1-5-17-38(18-6-1)57-63-58(39-19-7-2-8-20-39)65-60(64-57)41-29-32-48-51(36-41)55-46-26-13-14-27-47(46)56(48)52-37-42(30-33-49(52)55)61-66-59(40-21-9-3-10-22-40)67-62(68-61)43-31-34-54-50(35-43)45-25-15-16-28-53(45)69(54)44-23-11-4-12-24-44/h1-37,55-56H. The molecule has 3 aliphatic carbocycles. The van der Waals surface area contributed by atoms with Crippen molar-refractivity contribution in [2.75, 3.05) is 0 Å². The Hall–Kier alpha value is -9.20. The lowest BCUT2D eigenvalue weighted by atomic mass is 9.61. The van der Waals surface area contributed by atoms with Crippen molar-refractivity contribution in [3.63, 3.8) is 0 Å². The minimum absolute atomic E-state index is 0.0163. The fourth-order valence-corrected chi connectivity index (χ4v) is 10.8. The van der Waals surface area contributed by atoms with Gasteiger partial charge in [-0.3, -0.25) is 0 Å². The number of nitrogens with zero attached hydrogens (tertiary/aromatic N) is 7. The first-order chi connectivity index (χ1) is 34.2. The van der Waals surface area contributed by atoms with Gasteiger partial charge < -0.3 is 4.57 Å². The summed E-state index contributed by atoms with van der Waals surface area (Å²) < 4.78 is 2.33. The summed E-state index contributed by atoms with van der Waals surface area (Å²) in [6, 6.07) is 78.8. The summed E-state index contributed by atoms with van der Waals surface area (Å²) in [5.74, 6) is 3.88. The van der Waals surface area contributed by atoms with Crippen molar-refractivity contribution in [2.45, 2.75) is 11.8 Å². The van der Waals surface area contributed by atoms with Crippen LogP contribution in [0.15, 0.2) is 224 Å². The van der Waals surface area contributed by atoms with E-state index in [2.05, 4.69) is 150 Å². The SMILES string of the molecule is c1ccc(-c2nc(-c3ccccc3)nc(-c3ccc4c(c3)C3c5ccccc5C4c4cc(-c5nc(-c6ccccc6)nc(-c6ccc7c(c6)c6ccccc6n7-c6ccccc6)n5)ccc43)n2)cc1. The lowest BCUT2D eigenvalue weighted by Crippen LogP contribution is -2.27. The van der Waals surface area contributed by atoms with Gasteiger partial charge in [-0.25, -0.2) is 29.9 Å². The number of aromatic nitrogens is 7. The van der Waals surface area contributed by atoms with E-state index in [-0.39, 0.29) is 11.8 Å². The van der Waals surface area contributed by atoms with Crippen LogP contribution in [-0.4, -0.2) is 34.5 Å². The maximum Gasteiger partial charge on any atom is 0.164 e. The molecule has 15 rings (SSSR count). The number of benzene rings is 9. The topological polar surface area (TPSA) is 82.3 Å². The smallest absolute Gasteiger partial charge is 0.164 e. The Morgan fingerprint density at radius 3 is 1.07 bits per heavy atom. The van der Waals surface area contributed by atoms with Gasteiger partial charge in [0.2, 0.25) is 0 Å². The minimum atomic E-state index is 0.0163. The Balaban J connectivity index is 0.897. The summed E-state index contributed by atoms with van der Waals surface area (Å²) in [6.07, 6.45) is 0. The third-order valence-corrected chi connectivity index (χ3v) is 13.9. The summed E-state index contributed by atoms with van der Waals surface area (Å²) in [6.45, 7) is 0. The molecule has 7 nitrogen and oxygen atoms in total. The first kappa shape index (κ1) is 39.0. The van der Waals surface area contributed by atoms with E-state index in [1.165, 1.54) is 38.8 Å². The van der Waals surface area contributed by atoms with Gasteiger partial charge in [-0.1, -0.05) is 176 Å². The molecule has 0 aliphatic heterocycles. The van der Waals surface area contributed by atoms with E-state index in [0.29, 0.717) is 34.9 Å². The van der Waals surface area contributed by atoms with Gasteiger partial charge in [-0.2, -0.15) is 0 Å². The predicted molar refractivity (Wildman–Crippen MR) is 275 cm³/mol. The van der Waals surface area contributed by atoms with Crippen molar-refractivity contribution in [3.05, 3.63) is 258 Å². The van der Waals surface area contributed by atoms with Crippen LogP contribution in [-0.2, 0) is 0 Å². The fourth-order valence-electron chi connectivity index (χ4n) is 10.8. The van der Waals surface area contributed by atoms with Crippen LogP contribution in [0.2, 0.25) is 0 Å². The van der Waals surface area contributed by atoms with E-state index in [1.807, 2.05) is 78.9 Å². The first-order valence-corrected chi connectivity index (χ1v) is 23.3. The summed E-state index contributed by atoms with van der Waals surface area (Å²) in [5, 5.41) is 2.32. The van der Waals surface area contributed by atoms with Gasteiger partial charge in [-0.05, 0) is 81.9 Å². The average Bonchev–Trinajstić information content (AvgIpc) is 3.77. The van der Waals surface area contributed by atoms with E-state index in [4.69, 9.17) is 29.9 Å². The van der Waals surface area contributed by atoms with Crippen molar-refractivity contribution in [2.24, 2.45) is 0 Å². The van der Waals surface area contributed by atoms with Crippen molar-refractivity contribution < 1.29 is 0 Å². The van der Waals surface area contributed by atoms with Crippen LogP contribution in [0.5, 0.6) is 0 Å². The molecule has 0 amide bonds. The molecule has 7 heteroatoms. The molecule has 0 fully saturated rings. The van der Waals surface area contributed by atoms with Crippen molar-refractivity contribution in [3.8, 4) is 74.0 Å². The highest BCUT2D eigenvalue weighted by Crippen LogP contribution is 2.56. The quantitative estimate of drug-likeness (QED) is 0.159. The van der Waals surface area contributed by atoms with E-state index in [9.17, 15) is 0 Å². The van der Waals surface area contributed by atoms with Crippen LogP contribution < -0.4 is 0 Å². The average molecular weight is 882 g/mol. The molecule has 2 unspecified atom stereocenters. The van der Waals surface area contributed by atoms with Crippen molar-refractivity contribution in [1.82, 2.24) is 34.5 Å². The number of para-hydroxylation sites is 2. The van der Waals surface area contributed by atoms with E-state index in [0.717, 1.165) is 55.5 Å². The van der Waals surface area contributed by atoms with E-state index >= 15 is 0 Å². The van der Waals surface area contributed by atoms with Gasteiger partial charge in [-0.15, -0.1) is 0 Å². The summed E-state index contributed by atoms with van der Waals surface area (Å²) >= 11 is 0. The summed E-state index contributed by atoms with van der Waals surface area (Å²) in [5.41, 5.74) is 16.9. The largest absolute Gasteiger partial charge is 0.309 e. The molecule has 322 valence electrons. The highest BCUT2D eigenvalue weighted by Gasteiger charge is 2.41. The summed E-state index contributed by atoms with van der Waals surface area (Å²) in [4.78, 5) is 30.9. The zero-order chi connectivity index (χ0) is 45.4. The van der Waals surface area contributed by atoms with Crippen LogP contribution in [0.1, 0.15) is 45.2 Å². The number of rotatable bonds is 7. The molecule has 9 aromatic carbocycles. The highest BCUT2D eigenvalue weighted by molar-refractivity contribution is 6.10. The number of hydrogen-bond donors (Lipinski definition) is 0. The van der Waals surface area contributed by atoms with E-state index in [1.54, 1.807) is 0 Å². The van der Waals surface area contributed by atoms with Gasteiger partial charge in [0.1, 0.15) is 0 Å². The van der Waals surface area contributed by atoms with Gasteiger partial charge in [0.15, 0.2) is 34.9 Å². The second-order valence-electron chi connectivity index (χ2n) is 17.8. The van der Waals surface area contributed by atoms with Crippen LogP contribution in [0.4, 0.5) is 0 Å². The Morgan fingerprint density at radius 2 is 0.594 bits per heavy atom. The number of hydrogen-bond acceptors (Lipinski definition) is 6. The fraction of sp³-hybridized carbons (Fsp3) is 0.0323. The van der Waals surface area contributed by atoms with E-state index < -0.39 is 0 Å². The molecule has 3 aromatic heterocycles. The Bertz CT molecular complexity index is 3910. The highest BCUT2D eigenvalue weighted by atomic mass is 15.0. The molecule has 0 saturated carbocycles. The second kappa shape index (κ2) is 15.7. The molecular weight excluding hydrogens is 843 g/mol. The van der Waals surface area contributed by atoms with Crippen LogP contribution in [0, 0.1) is 0 Å². The first-order valence-electron chi connectivity index (χ1n) is 23.3. The molecule has 0 N–H and O–H groups in total. The Kier molecular flexibility index (Phi) is 8.89. The van der Waals surface area contributed by atoms with Crippen LogP contribution >= 0.6 is 0 Å². The van der Waals surface area contributed by atoms with Gasteiger partial charge >= 0.3 is 0 Å². The van der Waals surface area contributed by atoms with Crippen molar-refractivity contribution in [1.29, 1.82) is 0 Å². The molecular formula is C62H39N7. The maximum absolute atomic E-state index is 5.31. The minimum Gasteiger partial charge on any atom is -0.309 e. The third-order valence-electron chi connectivity index (χ3n) is 13.9. The molecule has 0 radical (unpaired) electrons. The molecule has 0 spiro atoms. The molecule has 2 atom stereocenters. The predicted octanol–water partition coefficient (Wildman–Crippen LogP) is 14.1. The molecule has 3 aliphatic rings. The number of fused-ring (bicyclic) bond motifs is 3. The van der Waals surface area contributed by atoms with Crippen LogP contribution in [0.3, 0.4) is 0 Å². The molecule has 12 aromatic rings. The zero-order valence-corrected chi connectivity index (χ0v) is 37.1. The molecule has 3 heterocycles. The second-order valence-corrected chi connectivity index (χ2v) is 17.8. The molecule has 2 bridgehead atoms. The molecule has 0 saturated heterocycles. The van der Waals surface area contributed by atoms with Gasteiger partial charge in [0.05, 0.1) is 11.0 Å². The normalized spacial score (nSPS) is 14.4. The third kappa shape index (κ3) is 6.43. The maximum atomic E-state index is 5.31. The van der Waals surface area contributed by atoms with Gasteiger partial charge in [0.25, 0.3) is 0 Å². The lowest BCUT2D eigenvalue weighted by Gasteiger charge is -2.42. The molecule has 69 heavy (non-hydrogen) atoms.